The third-order valence-corrected chi connectivity index (χ3v) is 3.41. The summed E-state index contributed by atoms with van der Waals surface area (Å²) in [4.78, 5) is 0. The van der Waals surface area contributed by atoms with Gasteiger partial charge in [-0.3, -0.25) is 0 Å². The van der Waals surface area contributed by atoms with Crippen molar-refractivity contribution < 1.29 is 14.8 Å². The molecule has 0 heterocycles. The summed E-state index contributed by atoms with van der Waals surface area (Å²) in [5.74, 6) is 0.975. The van der Waals surface area contributed by atoms with Crippen molar-refractivity contribution in [1.29, 1.82) is 0 Å². The summed E-state index contributed by atoms with van der Waals surface area (Å²) in [6, 6.07) is 8.27. The van der Waals surface area contributed by atoms with E-state index in [4.69, 9.17) is 9.47 Å². The van der Waals surface area contributed by atoms with E-state index in [0.29, 0.717) is 13.2 Å². The summed E-state index contributed by atoms with van der Waals surface area (Å²) in [7, 11) is 0. The topological polar surface area (TPSA) is 35.1 Å². The quantitative estimate of drug-likeness (QED) is 0.673. The Kier molecular flexibility index (Phi) is 8.40. The molecule has 2 N–H and O–H groups in total. The number of nitrogens with two attached hydrogens (primary N) is 1. The molecular formula is C18H32NO2+. The fraction of sp³-hybridized carbons (Fsp3) is 0.667. The Morgan fingerprint density at radius 2 is 1.76 bits per heavy atom. The molecule has 0 atom stereocenters. The molecular weight excluding hydrogens is 262 g/mol. The summed E-state index contributed by atoms with van der Waals surface area (Å²) in [5, 5.41) is 2.32. The molecule has 0 aromatic heterocycles. The minimum Gasteiger partial charge on any atom is -0.491 e. The lowest BCUT2D eigenvalue weighted by Crippen LogP contribution is -2.85. The van der Waals surface area contributed by atoms with Gasteiger partial charge in [0.05, 0.1) is 26.3 Å². The maximum Gasteiger partial charge on any atom is 0.123 e. The number of quaternary nitrogens is 1. The zero-order chi connectivity index (χ0) is 15.6. The molecule has 0 radical (unpaired) electrons. The lowest BCUT2D eigenvalue weighted by atomic mass is 9.86. The van der Waals surface area contributed by atoms with Crippen LogP contribution in [0.3, 0.4) is 0 Å². The van der Waals surface area contributed by atoms with Crippen LogP contribution in [0.4, 0.5) is 0 Å². The molecule has 0 aliphatic carbocycles. The van der Waals surface area contributed by atoms with Gasteiger partial charge in [0.1, 0.15) is 12.4 Å². The van der Waals surface area contributed by atoms with E-state index in [1.165, 1.54) is 24.9 Å². The third kappa shape index (κ3) is 7.49. The molecule has 0 unspecified atom stereocenters. The van der Waals surface area contributed by atoms with Crippen molar-refractivity contribution in [3.63, 3.8) is 0 Å². The summed E-state index contributed by atoms with van der Waals surface area (Å²) >= 11 is 0. The van der Waals surface area contributed by atoms with E-state index in [9.17, 15) is 0 Å². The summed E-state index contributed by atoms with van der Waals surface area (Å²) in [5.41, 5.74) is 1.35. The van der Waals surface area contributed by atoms with E-state index in [1.807, 2.05) is 12.1 Å². The average molecular weight is 294 g/mol. The Hall–Kier alpha value is -1.06. The van der Waals surface area contributed by atoms with Crippen LogP contribution in [0.1, 0.15) is 46.1 Å². The van der Waals surface area contributed by atoms with Crippen LogP contribution in [0.25, 0.3) is 0 Å². The molecule has 1 rings (SSSR count). The van der Waals surface area contributed by atoms with Crippen LogP contribution < -0.4 is 10.1 Å². The molecule has 21 heavy (non-hydrogen) atoms. The number of benzene rings is 1. The molecule has 3 heteroatoms. The lowest BCUT2D eigenvalue weighted by Gasteiger charge is -2.22. The first kappa shape index (κ1) is 18.0. The van der Waals surface area contributed by atoms with Gasteiger partial charge in [-0.25, -0.2) is 0 Å². The minimum atomic E-state index is 0.103. The Morgan fingerprint density at radius 1 is 1.00 bits per heavy atom. The molecule has 120 valence electrons. The molecule has 0 bridgehead atoms. The van der Waals surface area contributed by atoms with Gasteiger partial charge in [-0.05, 0) is 23.5 Å². The van der Waals surface area contributed by atoms with E-state index < -0.39 is 0 Å². The minimum absolute atomic E-state index is 0.103. The average Bonchev–Trinajstić information content (AvgIpc) is 2.45. The second-order valence-electron chi connectivity index (χ2n) is 6.43. The zero-order valence-electron chi connectivity index (χ0n) is 14.2. The van der Waals surface area contributed by atoms with Crippen LogP contribution >= 0.6 is 0 Å². The molecule has 1 aromatic carbocycles. The highest BCUT2D eigenvalue weighted by molar-refractivity contribution is 5.38. The largest absolute Gasteiger partial charge is 0.491 e. The van der Waals surface area contributed by atoms with Crippen molar-refractivity contribution in [3.8, 4) is 5.75 Å². The third-order valence-electron chi connectivity index (χ3n) is 3.41. The van der Waals surface area contributed by atoms with Gasteiger partial charge in [-0.2, -0.15) is 0 Å². The molecule has 3 nitrogen and oxygen atoms in total. The summed E-state index contributed by atoms with van der Waals surface area (Å²) in [6.07, 6.45) is 2.55. The highest BCUT2D eigenvalue weighted by Gasteiger charge is 2.18. The number of ether oxygens (including phenoxy) is 2. The van der Waals surface area contributed by atoms with Crippen molar-refractivity contribution in [2.75, 3.05) is 32.9 Å². The monoisotopic (exact) mass is 294 g/mol. The van der Waals surface area contributed by atoms with Crippen molar-refractivity contribution in [2.45, 2.75) is 46.0 Å². The summed E-state index contributed by atoms with van der Waals surface area (Å²) in [6.45, 7) is 13.1. The Labute approximate surface area is 130 Å². The second-order valence-corrected chi connectivity index (χ2v) is 6.43. The van der Waals surface area contributed by atoms with Crippen molar-refractivity contribution in [3.05, 3.63) is 29.8 Å². The first-order valence-electron chi connectivity index (χ1n) is 8.17. The molecule has 0 saturated heterocycles. The molecule has 0 saturated carbocycles. The van der Waals surface area contributed by atoms with Gasteiger partial charge in [-0.1, -0.05) is 52.3 Å². The Balaban J connectivity index is 2.19. The first-order valence-corrected chi connectivity index (χ1v) is 8.17. The van der Waals surface area contributed by atoms with Crippen molar-refractivity contribution in [2.24, 2.45) is 0 Å². The van der Waals surface area contributed by atoms with Crippen molar-refractivity contribution >= 4 is 0 Å². The van der Waals surface area contributed by atoms with Crippen LogP contribution in [-0.2, 0) is 10.2 Å². The number of unbranched alkanes of at least 4 members (excludes halogenated alkanes) is 1. The van der Waals surface area contributed by atoms with Gasteiger partial charge >= 0.3 is 0 Å². The molecule has 0 fully saturated rings. The van der Waals surface area contributed by atoms with Gasteiger partial charge in [0.15, 0.2) is 0 Å². The zero-order valence-corrected chi connectivity index (χ0v) is 14.2. The number of para-hydroxylation sites is 1. The van der Waals surface area contributed by atoms with Gasteiger partial charge in [-0.15, -0.1) is 0 Å². The van der Waals surface area contributed by atoms with E-state index in [2.05, 4.69) is 45.1 Å². The Morgan fingerprint density at radius 3 is 2.48 bits per heavy atom. The van der Waals surface area contributed by atoms with Gasteiger partial charge < -0.3 is 14.8 Å². The van der Waals surface area contributed by atoms with E-state index in [1.54, 1.807) is 0 Å². The predicted molar refractivity (Wildman–Crippen MR) is 88.0 cm³/mol. The fourth-order valence-electron chi connectivity index (χ4n) is 2.18. The second kappa shape index (κ2) is 9.80. The summed E-state index contributed by atoms with van der Waals surface area (Å²) < 4.78 is 11.5. The SMILES string of the molecule is CCCC[NH2+]CCOCCOc1ccccc1C(C)(C)C. The van der Waals surface area contributed by atoms with Gasteiger partial charge in [0.2, 0.25) is 0 Å². The first-order chi connectivity index (χ1) is 10.1. The van der Waals surface area contributed by atoms with Crippen LogP contribution in [-0.4, -0.2) is 32.9 Å². The molecule has 0 aliphatic rings. The molecule has 0 aliphatic heterocycles. The van der Waals surface area contributed by atoms with Crippen LogP contribution in [0.2, 0.25) is 0 Å². The van der Waals surface area contributed by atoms with E-state index in [-0.39, 0.29) is 5.41 Å². The highest BCUT2D eigenvalue weighted by atomic mass is 16.5. The van der Waals surface area contributed by atoms with E-state index in [0.717, 1.165) is 18.9 Å². The van der Waals surface area contributed by atoms with E-state index >= 15 is 0 Å². The predicted octanol–water partition coefficient (Wildman–Crippen LogP) is 2.74. The number of hydrogen-bond donors (Lipinski definition) is 1. The van der Waals surface area contributed by atoms with Gasteiger partial charge in [0, 0.05) is 0 Å². The number of hydrogen-bond acceptors (Lipinski definition) is 2. The molecule has 1 aromatic rings. The lowest BCUT2D eigenvalue weighted by molar-refractivity contribution is -0.656. The van der Waals surface area contributed by atoms with Crippen LogP contribution in [0, 0.1) is 0 Å². The molecule has 0 spiro atoms. The van der Waals surface area contributed by atoms with Crippen molar-refractivity contribution in [1.82, 2.24) is 0 Å². The fourth-order valence-corrected chi connectivity index (χ4v) is 2.18. The smallest absolute Gasteiger partial charge is 0.123 e. The maximum atomic E-state index is 5.87. The Bertz CT molecular complexity index is 385. The van der Waals surface area contributed by atoms with Crippen LogP contribution in [0.5, 0.6) is 5.75 Å². The van der Waals surface area contributed by atoms with Gasteiger partial charge in [0.25, 0.3) is 0 Å². The molecule has 0 amide bonds. The highest BCUT2D eigenvalue weighted by Crippen LogP contribution is 2.30. The number of rotatable bonds is 10. The maximum absolute atomic E-state index is 5.87. The van der Waals surface area contributed by atoms with Crippen LogP contribution in [0.15, 0.2) is 24.3 Å². The normalized spacial score (nSPS) is 11.6. The standard InChI is InChI=1S/C18H31NO2/c1-5-6-11-19-12-13-20-14-15-21-17-10-8-7-9-16(17)18(2,3)4/h7-10,19H,5-6,11-15H2,1-4H3/p+1.